The Hall–Kier alpha value is -1.76. The van der Waals surface area contributed by atoms with Gasteiger partial charge in [-0.3, -0.25) is 4.79 Å². The van der Waals surface area contributed by atoms with Gasteiger partial charge in [-0.05, 0) is 13.0 Å². The van der Waals surface area contributed by atoms with E-state index in [1.807, 2.05) is 0 Å². The minimum atomic E-state index is -4.78. The number of para-hydroxylation sites is 1. The molecular weight excluding hydrogens is 275 g/mol. The first-order valence-corrected chi connectivity index (χ1v) is 5.93. The lowest BCUT2D eigenvalue weighted by molar-refractivity contribution is -0.192. The fourth-order valence-electron chi connectivity index (χ4n) is 1.77. The molecule has 0 bridgehead atoms. The van der Waals surface area contributed by atoms with E-state index < -0.39 is 30.7 Å². The van der Waals surface area contributed by atoms with Crippen molar-refractivity contribution in [1.82, 2.24) is 5.32 Å². The molecule has 0 aromatic heterocycles. The SMILES string of the molecule is COc1ccccc1[C@@H](C)NCC(C(=O)O)C(F)(F)F. The first kappa shape index (κ1) is 16.3. The number of alkyl halides is 3. The Morgan fingerprint density at radius 2 is 2.00 bits per heavy atom. The number of benzene rings is 1. The van der Waals surface area contributed by atoms with E-state index >= 15 is 0 Å². The molecule has 0 saturated carbocycles. The van der Waals surface area contributed by atoms with Crippen molar-refractivity contribution in [3.05, 3.63) is 29.8 Å². The molecule has 0 saturated heterocycles. The molecule has 0 radical (unpaired) electrons. The van der Waals surface area contributed by atoms with E-state index in [0.717, 1.165) is 0 Å². The molecule has 4 nitrogen and oxygen atoms in total. The van der Waals surface area contributed by atoms with E-state index in [9.17, 15) is 18.0 Å². The van der Waals surface area contributed by atoms with Crippen LogP contribution in [0, 0.1) is 5.92 Å². The van der Waals surface area contributed by atoms with Crippen LogP contribution >= 0.6 is 0 Å². The molecule has 2 N–H and O–H groups in total. The van der Waals surface area contributed by atoms with Crippen molar-refractivity contribution in [1.29, 1.82) is 0 Å². The van der Waals surface area contributed by atoms with Crippen molar-refractivity contribution in [2.24, 2.45) is 5.92 Å². The van der Waals surface area contributed by atoms with Crippen molar-refractivity contribution >= 4 is 5.97 Å². The summed E-state index contributed by atoms with van der Waals surface area (Å²) >= 11 is 0. The van der Waals surface area contributed by atoms with Crippen molar-refractivity contribution in [2.45, 2.75) is 19.1 Å². The topological polar surface area (TPSA) is 58.6 Å². The van der Waals surface area contributed by atoms with Crippen LogP contribution in [0.25, 0.3) is 0 Å². The summed E-state index contributed by atoms with van der Waals surface area (Å²) in [7, 11) is 1.46. The molecule has 112 valence electrons. The lowest BCUT2D eigenvalue weighted by Crippen LogP contribution is -2.39. The molecule has 0 aliphatic rings. The molecule has 0 spiro atoms. The number of carbonyl (C=O) groups is 1. The van der Waals surface area contributed by atoms with E-state index in [-0.39, 0.29) is 0 Å². The Morgan fingerprint density at radius 3 is 2.50 bits per heavy atom. The van der Waals surface area contributed by atoms with Gasteiger partial charge in [0.2, 0.25) is 0 Å². The van der Waals surface area contributed by atoms with Crippen LogP contribution in [0.2, 0.25) is 0 Å². The molecule has 1 aromatic carbocycles. The Bertz CT molecular complexity index is 462. The first-order chi connectivity index (χ1) is 9.27. The van der Waals surface area contributed by atoms with Gasteiger partial charge in [-0.15, -0.1) is 0 Å². The molecule has 1 unspecified atom stereocenters. The predicted octanol–water partition coefficient (Wildman–Crippen LogP) is 2.61. The van der Waals surface area contributed by atoms with Crippen LogP contribution < -0.4 is 10.1 Å². The number of ether oxygens (including phenoxy) is 1. The van der Waals surface area contributed by atoms with E-state index in [1.54, 1.807) is 31.2 Å². The summed E-state index contributed by atoms with van der Waals surface area (Å²) in [4.78, 5) is 10.6. The van der Waals surface area contributed by atoms with Crippen molar-refractivity contribution in [3.63, 3.8) is 0 Å². The number of nitrogens with one attached hydrogen (secondary N) is 1. The molecule has 7 heteroatoms. The molecular formula is C13H16F3NO3. The molecule has 0 amide bonds. The second-order valence-corrected chi connectivity index (χ2v) is 4.30. The van der Waals surface area contributed by atoms with Gasteiger partial charge in [-0.1, -0.05) is 18.2 Å². The average molecular weight is 291 g/mol. The number of rotatable bonds is 6. The second-order valence-electron chi connectivity index (χ2n) is 4.30. The Kier molecular flexibility index (Phi) is 5.38. The number of hydrogen-bond donors (Lipinski definition) is 2. The van der Waals surface area contributed by atoms with Crippen LogP contribution in [0.1, 0.15) is 18.5 Å². The van der Waals surface area contributed by atoms with Gasteiger partial charge in [0, 0.05) is 18.2 Å². The lowest BCUT2D eigenvalue weighted by atomic mass is 10.1. The largest absolute Gasteiger partial charge is 0.496 e. The second kappa shape index (κ2) is 6.60. The highest BCUT2D eigenvalue weighted by Gasteiger charge is 2.44. The summed E-state index contributed by atoms with van der Waals surface area (Å²) in [5, 5.41) is 11.2. The minimum Gasteiger partial charge on any atom is -0.496 e. The molecule has 1 aromatic rings. The standard InChI is InChI=1S/C13H16F3NO3/c1-8(9-5-3-4-6-11(9)20-2)17-7-10(12(18)19)13(14,15)16/h3-6,8,10,17H,7H2,1-2H3,(H,18,19)/t8-,10?/m1/s1. The Labute approximate surface area is 114 Å². The summed E-state index contributed by atoms with van der Waals surface area (Å²) in [6.07, 6.45) is -4.78. The van der Waals surface area contributed by atoms with Crippen molar-refractivity contribution in [3.8, 4) is 5.75 Å². The maximum absolute atomic E-state index is 12.5. The summed E-state index contributed by atoms with van der Waals surface area (Å²) in [5.74, 6) is -3.79. The van der Waals surface area contributed by atoms with Gasteiger partial charge < -0.3 is 15.2 Å². The quantitative estimate of drug-likeness (QED) is 0.846. The molecule has 0 aliphatic carbocycles. The number of halogens is 3. The maximum atomic E-state index is 12.5. The Balaban J connectivity index is 2.75. The van der Waals surface area contributed by atoms with E-state index in [0.29, 0.717) is 11.3 Å². The zero-order valence-corrected chi connectivity index (χ0v) is 11.1. The molecule has 20 heavy (non-hydrogen) atoms. The summed E-state index contributed by atoms with van der Waals surface area (Å²) in [6, 6.07) is 6.40. The number of aliphatic carboxylic acids is 1. The highest BCUT2D eigenvalue weighted by atomic mass is 19.4. The van der Waals surface area contributed by atoms with Gasteiger partial charge in [0.1, 0.15) is 5.75 Å². The number of carboxylic acids is 1. The highest BCUT2D eigenvalue weighted by Crippen LogP contribution is 2.28. The smallest absolute Gasteiger partial charge is 0.403 e. The van der Waals surface area contributed by atoms with Crippen LogP contribution in [-0.4, -0.2) is 30.9 Å². The monoisotopic (exact) mass is 291 g/mol. The number of hydrogen-bond acceptors (Lipinski definition) is 3. The highest BCUT2D eigenvalue weighted by molar-refractivity contribution is 5.71. The van der Waals surface area contributed by atoms with Gasteiger partial charge in [0.15, 0.2) is 5.92 Å². The Morgan fingerprint density at radius 1 is 1.40 bits per heavy atom. The third-order valence-electron chi connectivity index (χ3n) is 2.93. The lowest BCUT2D eigenvalue weighted by Gasteiger charge is -2.21. The number of methoxy groups -OCH3 is 1. The van der Waals surface area contributed by atoms with Gasteiger partial charge in [0.25, 0.3) is 0 Å². The normalized spacial score (nSPS) is 14.7. The minimum absolute atomic E-state index is 0.463. The van der Waals surface area contributed by atoms with Gasteiger partial charge >= 0.3 is 12.1 Å². The van der Waals surface area contributed by atoms with Crippen LogP contribution in [0.3, 0.4) is 0 Å². The maximum Gasteiger partial charge on any atom is 0.403 e. The van der Waals surface area contributed by atoms with E-state index in [2.05, 4.69) is 5.32 Å². The summed E-state index contributed by atoms with van der Waals surface area (Å²) in [6.45, 7) is 0.950. The van der Waals surface area contributed by atoms with E-state index in [4.69, 9.17) is 9.84 Å². The number of carboxylic acid groups (broad SMARTS) is 1. The predicted molar refractivity (Wildman–Crippen MR) is 66.6 cm³/mol. The van der Waals surface area contributed by atoms with Crippen LogP contribution in [-0.2, 0) is 4.79 Å². The summed E-state index contributed by atoms with van der Waals surface area (Å²) in [5.41, 5.74) is 0.668. The first-order valence-electron chi connectivity index (χ1n) is 5.93. The summed E-state index contributed by atoms with van der Waals surface area (Å²) < 4.78 is 42.7. The molecule has 0 fully saturated rings. The van der Waals surface area contributed by atoms with Crippen LogP contribution in [0.15, 0.2) is 24.3 Å². The fourth-order valence-corrected chi connectivity index (χ4v) is 1.77. The van der Waals surface area contributed by atoms with Gasteiger partial charge in [-0.2, -0.15) is 13.2 Å². The fraction of sp³-hybridized carbons (Fsp3) is 0.462. The van der Waals surface area contributed by atoms with Crippen LogP contribution in [0.5, 0.6) is 5.75 Å². The molecule has 0 heterocycles. The van der Waals surface area contributed by atoms with Gasteiger partial charge in [-0.25, -0.2) is 0 Å². The van der Waals surface area contributed by atoms with Crippen molar-refractivity contribution < 1.29 is 27.8 Å². The van der Waals surface area contributed by atoms with E-state index in [1.165, 1.54) is 7.11 Å². The molecule has 1 rings (SSSR count). The average Bonchev–Trinajstić information content (AvgIpc) is 2.36. The molecule has 2 atom stereocenters. The third kappa shape index (κ3) is 4.12. The molecule has 0 aliphatic heterocycles. The third-order valence-corrected chi connectivity index (χ3v) is 2.93. The zero-order valence-electron chi connectivity index (χ0n) is 11.1. The zero-order chi connectivity index (χ0) is 15.3. The van der Waals surface area contributed by atoms with Gasteiger partial charge in [0.05, 0.1) is 7.11 Å². The van der Waals surface area contributed by atoms with Crippen molar-refractivity contribution in [2.75, 3.05) is 13.7 Å². The van der Waals surface area contributed by atoms with Crippen LogP contribution in [0.4, 0.5) is 13.2 Å².